The van der Waals surface area contributed by atoms with E-state index < -0.39 is 11.7 Å². The van der Waals surface area contributed by atoms with Gasteiger partial charge >= 0.3 is 6.18 Å². The van der Waals surface area contributed by atoms with Crippen LogP contribution in [0.1, 0.15) is 5.56 Å². The molecule has 118 valence electrons. The van der Waals surface area contributed by atoms with Crippen LogP contribution in [0, 0.1) is 0 Å². The normalized spacial score (nSPS) is 11.7. The predicted octanol–water partition coefficient (Wildman–Crippen LogP) is 4.86. The van der Waals surface area contributed by atoms with Crippen LogP contribution in [0.4, 0.5) is 13.2 Å². The molecule has 4 nitrogen and oxygen atoms in total. The third kappa shape index (κ3) is 3.02. The summed E-state index contributed by atoms with van der Waals surface area (Å²) in [7, 11) is 0. The summed E-state index contributed by atoms with van der Waals surface area (Å²) >= 11 is 12.1. The predicted molar refractivity (Wildman–Crippen MR) is 80.1 cm³/mol. The lowest BCUT2D eigenvalue weighted by Crippen LogP contribution is -2.08. The second kappa shape index (κ2) is 5.82. The molecule has 0 saturated heterocycles. The van der Waals surface area contributed by atoms with Crippen LogP contribution in [0.25, 0.3) is 22.9 Å². The fourth-order valence-corrected chi connectivity index (χ4v) is 2.59. The van der Waals surface area contributed by atoms with E-state index in [-0.39, 0.29) is 17.3 Å². The van der Waals surface area contributed by atoms with Crippen LogP contribution in [-0.2, 0) is 6.18 Å². The number of hydrogen-bond acceptors (Lipinski definition) is 3. The second-order valence-corrected chi connectivity index (χ2v) is 5.32. The van der Waals surface area contributed by atoms with Gasteiger partial charge in [0, 0.05) is 6.20 Å². The van der Waals surface area contributed by atoms with Crippen LogP contribution in [0.2, 0.25) is 10.0 Å². The highest BCUT2D eigenvalue weighted by molar-refractivity contribution is 6.38. The average molecular weight is 359 g/mol. The Kier molecular flexibility index (Phi) is 3.99. The Morgan fingerprint density at radius 1 is 1.00 bits per heavy atom. The molecule has 3 rings (SSSR count). The van der Waals surface area contributed by atoms with Gasteiger partial charge in [-0.2, -0.15) is 18.3 Å². The van der Waals surface area contributed by atoms with Gasteiger partial charge in [-0.15, -0.1) is 0 Å². The molecule has 0 amide bonds. The second-order valence-electron chi connectivity index (χ2n) is 4.50. The van der Waals surface area contributed by atoms with Gasteiger partial charge in [0.1, 0.15) is 5.69 Å². The maximum Gasteiger partial charge on any atom is 0.418 e. The smallest absolute Gasteiger partial charge is 0.259 e. The van der Waals surface area contributed by atoms with E-state index in [1.807, 2.05) is 0 Å². The number of nitrogens with one attached hydrogen (secondary N) is 1. The van der Waals surface area contributed by atoms with E-state index in [9.17, 15) is 13.2 Å². The van der Waals surface area contributed by atoms with Gasteiger partial charge in [-0.25, -0.2) is 4.98 Å². The summed E-state index contributed by atoms with van der Waals surface area (Å²) < 4.78 is 39.1. The number of rotatable bonds is 2. The van der Waals surface area contributed by atoms with Crippen molar-refractivity contribution in [2.75, 3.05) is 0 Å². The van der Waals surface area contributed by atoms with E-state index >= 15 is 0 Å². The Hall–Kier alpha value is -2.12. The van der Waals surface area contributed by atoms with Crippen LogP contribution in [0.5, 0.6) is 0 Å². The minimum Gasteiger partial charge on any atom is -0.259 e. The van der Waals surface area contributed by atoms with Crippen LogP contribution < -0.4 is 0 Å². The Morgan fingerprint density at radius 3 is 2.35 bits per heavy atom. The van der Waals surface area contributed by atoms with E-state index in [0.717, 1.165) is 6.07 Å². The topological polar surface area (TPSA) is 54.5 Å². The Labute approximate surface area is 138 Å². The number of aromatic amines is 1. The van der Waals surface area contributed by atoms with Crippen molar-refractivity contribution < 1.29 is 13.2 Å². The molecule has 0 spiro atoms. The number of benzene rings is 1. The zero-order valence-corrected chi connectivity index (χ0v) is 12.7. The summed E-state index contributed by atoms with van der Waals surface area (Å²) in [5.41, 5.74) is -0.930. The van der Waals surface area contributed by atoms with E-state index in [1.165, 1.54) is 12.3 Å². The fourth-order valence-electron chi connectivity index (χ4n) is 2.02. The third-order valence-corrected chi connectivity index (χ3v) is 3.64. The first kappa shape index (κ1) is 15.8. The van der Waals surface area contributed by atoms with Crippen molar-refractivity contribution in [1.82, 2.24) is 20.2 Å². The molecule has 0 fully saturated rings. The molecule has 0 saturated carbocycles. The zero-order chi connectivity index (χ0) is 16.6. The Morgan fingerprint density at radius 2 is 1.70 bits per heavy atom. The Bertz CT molecular complexity index is 841. The highest BCUT2D eigenvalue weighted by Gasteiger charge is 2.35. The first-order valence-electron chi connectivity index (χ1n) is 6.27. The summed E-state index contributed by atoms with van der Waals surface area (Å²) in [6.07, 6.45) is -3.32. The molecule has 23 heavy (non-hydrogen) atoms. The first-order valence-corrected chi connectivity index (χ1v) is 7.03. The highest BCUT2D eigenvalue weighted by atomic mass is 35.5. The van der Waals surface area contributed by atoms with Gasteiger partial charge in [-0.3, -0.25) is 10.1 Å². The van der Waals surface area contributed by atoms with Gasteiger partial charge in [0.05, 0.1) is 21.2 Å². The summed E-state index contributed by atoms with van der Waals surface area (Å²) in [5.74, 6) is -0.0294. The van der Waals surface area contributed by atoms with Gasteiger partial charge in [0.15, 0.2) is 5.82 Å². The van der Waals surface area contributed by atoms with Gasteiger partial charge < -0.3 is 0 Å². The fraction of sp³-hybridized carbons (Fsp3) is 0.0714. The molecule has 9 heteroatoms. The highest BCUT2D eigenvalue weighted by Crippen LogP contribution is 2.36. The molecular weight excluding hydrogens is 352 g/mol. The minimum atomic E-state index is -4.56. The molecule has 2 aromatic heterocycles. The Balaban J connectivity index is 2.11. The van der Waals surface area contributed by atoms with Crippen molar-refractivity contribution in [2.24, 2.45) is 0 Å². The molecule has 0 bridgehead atoms. The maximum atomic E-state index is 13.0. The van der Waals surface area contributed by atoms with Gasteiger partial charge in [0.2, 0.25) is 5.82 Å². The lowest BCUT2D eigenvalue weighted by atomic mass is 10.1. The lowest BCUT2D eigenvalue weighted by Gasteiger charge is -2.08. The van der Waals surface area contributed by atoms with Gasteiger partial charge in [-0.05, 0) is 24.3 Å². The molecule has 2 heterocycles. The molecule has 3 aromatic rings. The van der Waals surface area contributed by atoms with Crippen molar-refractivity contribution in [3.8, 4) is 22.9 Å². The quantitative estimate of drug-likeness (QED) is 0.711. The molecule has 0 radical (unpaired) electrons. The van der Waals surface area contributed by atoms with Gasteiger partial charge in [0.25, 0.3) is 0 Å². The molecule has 1 aromatic carbocycles. The average Bonchev–Trinajstić information content (AvgIpc) is 2.95. The van der Waals surface area contributed by atoms with E-state index in [1.54, 1.807) is 18.2 Å². The van der Waals surface area contributed by atoms with Crippen LogP contribution in [0.15, 0.2) is 36.5 Å². The van der Waals surface area contributed by atoms with Crippen molar-refractivity contribution >= 4 is 23.2 Å². The van der Waals surface area contributed by atoms with E-state index in [0.29, 0.717) is 15.6 Å². The van der Waals surface area contributed by atoms with Gasteiger partial charge in [-0.1, -0.05) is 29.3 Å². The first-order chi connectivity index (χ1) is 10.9. The summed E-state index contributed by atoms with van der Waals surface area (Å²) in [6.45, 7) is 0. The minimum absolute atomic E-state index is 0.161. The number of aromatic nitrogens is 4. The summed E-state index contributed by atoms with van der Waals surface area (Å²) in [4.78, 5) is 7.78. The number of H-pyrrole nitrogens is 1. The molecule has 0 aliphatic carbocycles. The van der Waals surface area contributed by atoms with Crippen molar-refractivity contribution in [3.05, 3.63) is 52.1 Å². The summed E-state index contributed by atoms with van der Waals surface area (Å²) in [5, 5.41) is 6.95. The number of alkyl halides is 3. The van der Waals surface area contributed by atoms with E-state index in [2.05, 4.69) is 20.2 Å². The molecule has 1 N–H and O–H groups in total. The van der Waals surface area contributed by atoms with Crippen molar-refractivity contribution in [3.63, 3.8) is 0 Å². The summed E-state index contributed by atoms with van der Waals surface area (Å²) in [6, 6.07) is 6.94. The standard InChI is InChI=1S/C14H7Cl2F3N4/c15-8-4-1-5-9(16)10(8)12-21-13(23-22-12)11-7(14(17,18)19)3-2-6-20-11/h1-6H,(H,21,22,23). The number of hydrogen-bond donors (Lipinski definition) is 1. The number of nitrogens with zero attached hydrogens (tertiary/aromatic N) is 3. The maximum absolute atomic E-state index is 13.0. The molecule has 0 aliphatic rings. The number of halogens is 5. The molecular formula is C14H7Cl2F3N4. The molecule has 0 unspecified atom stereocenters. The monoisotopic (exact) mass is 358 g/mol. The van der Waals surface area contributed by atoms with Crippen molar-refractivity contribution in [1.29, 1.82) is 0 Å². The van der Waals surface area contributed by atoms with Crippen molar-refractivity contribution in [2.45, 2.75) is 6.18 Å². The SMILES string of the molecule is FC(F)(F)c1cccnc1-c1n[nH]c(-c2c(Cl)cccc2Cl)n1. The molecule has 0 atom stereocenters. The van der Waals surface area contributed by atoms with E-state index in [4.69, 9.17) is 23.2 Å². The zero-order valence-electron chi connectivity index (χ0n) is 11.2. The molecule has 0 aliphatic heterocycles. The van der Waals surface area contributed by atoms with Crippen LogP contribution in [-0.4, -0.2) is 20.2 Å². The lowest BCUT2D eigenvalue weighted by molar-refractivity contribution is -0.137. The third-order valence-electron chi connectivity index (χ3n) is 3.01. The van der Waals surface area contributed by atoms with Crippen LogP contribution >= 0.6 is 23.2 Å². The number of pyridine rings is 1. The largest absolute Gasteiger partial charge is 0.418 e. The van der Waals surface area contributed by atoms with Crippen LogP contribution in [0.3, 0.4) is 0 Å².